The molecule has 0 radical (unpaired) electrons. The van der Waals surface area contributed by atoms with E-state index >= 15 is 0 Å². The second kappa shape index (κ2) is 4.73. The Balaban J connectivity index is 2.40. The molecule has 1 heterocycles. The molecule has 0 saturated heterocycles. The van der Waals surface area contributed by atoms with Crippen LogP contribution in [0.5, 0.6) is 0 Å². The van der Waals surface area contributed by atoms with Crippen molar-refractivity contribution in [3.8, 4) is 0 Å². The fraction of sp³-hybridized carbons (Fsp3) is 0.538. The molecule has 1 aliphatic rings. The van der Waals surface area contributed by atoms with Crippen LogP contribution in [0.15, 0.2) is 6.07 Å². The summed E-state index contributed by atoms with van der Waals surface area (Å²) in [5, 5.41) is 0. The molecule has 4 heteroatoms. The Morgan fingerprint density at radius 1 is 1.65 bits per heavy atom. The molecule has 2 rings (SSSR count). The van der Waals surface area contributed by atoms with Gasteiger partial charge in [-0.2, -0.15) is 0 Å². The number of aryl methyl sites for hydroxylation is 1. The predicted molar refractivity (Wildman–Crippen MR) is 66.0 cm³/mol. The second-order valence-corrected chi connectivity index (χ2v) is 4.48. The monoisotopic (exact) mass is 234 g/mol. The van der Waals surface area contributed by atoms with Gasteiger partial charge in [-0.1, -0.05) is 6.92 Å². The molecular weight excluding hydrogens is 216 g/mol. The minimum atomic E-state index is -0.376. The van der Waals surface area contributed by atoms with Crippen LogP contribution in [0.3, 0.4) is 0 Å². The number of carbonyl (C=O) groups is 1. The summed E-state index contributed by atoms with van der Waals surface area (Å²) in [6.07, 6.45) is 3.25. The van der Waals surface area contributed by atoms with Crippen LogP contribution in [-0.4, -0.2) is 17.6 Å². The first kappa shape index (κ1) is 11.9. The number of nitrogen functional groups attached to an aromatic ring is 1. The summed E-state index contributed by atoms with van der Waals surface area (Å²) < 4.78 is 4.97. The Morgan fingerprint density at radius 2 is 2.41 bits per heavy atom. The summed E-state index contributed by atoms with van der Waals surface area (Å²) in [4.78, 5) is 16.1. The first-order valence-corrected chi connectivity index (χ1v) is 6.10. The Labute approximate surface area is 101 Å². The van der Waals surface area contributed by atoms with Gasteiger partial charge in [-0.15, -0.1) is 0 Å². The van der Waals surface area contributed by atoms with E-state index in [0.29, 0.717) is 18.1 Å². The van der Waals surface area contributed by atoms with Crippen molar-refractivity contribution < 1.29 is 9.53 Å². The SMILES string of the molecule is CCOC(=O)c1cc2c(nc1N)C(C)CCC2. The minimum absolute atomic E-state index is 0.288. The number of pyridine rings is 1. The third kappa shape index (κ3) is 2.25. The highest BCUT2D eigenvalue weighted by Crippen LogP contribution is 2.31. The summed E-state index contributed by atoms with van der Waals surface area (Å²) in [7, 11) is 0. The zero-order chi connectivity index (χ0) is 12.4. The smallest absolute Gasteiger partial charge is 0.341 e. The highest BCUT2D eigenvalue weighted by molar-refractivity contribution is 5.94. The molecule has 1 aromatic heterocycles. The molecule has 92 valence electrons. The first-order valence-electron chi connectivity index (χ1n) is 6.10. The van der Waals surface area contributed by atoms with Crippen LogP contribution in [0, 0.1) is 0 Å². The molecule has 0 saturated carbocycles. The van der Waals surface area contributed by atoms with Crippen LogP contribution in [0.4, 0.5) is 5.82 Å². The summed E-state index contributed by atoms with van der Waals surface area (Å²) >= 11 is 0. The van der Waals surface area contributed by atoms with Crippen molar-refractivity contribution in [3.05, 3.63) is 22.9 Å². The molecule has 0 bridgehead atoms. The van der Waals surface area contributed by atoms with Gasteiger partial charge in [-0.3, -0.25) is 0 Å². The molecule has 17 heavy (non-hydrogen) atoms. The largest absolute Gasteiger partial charge is 0.462 e. The molecule has 2 N–H and O–H groups in total. The third-order valence-electron chi connectivity index (χ3n) is 3.21. The second-order valence-electron chi connectivity index (χ2n) is 4.48. The van der Waals surface area contributed by atoms with Gasteiger partial charge in [0.15, 0.2) is 0 Å². The third-order valence-corrected chi connectivity index (χ3v) is 3.21. The lowest BCUT2D eigenvalue weighted by molar-refractivity contribution is 0.0527. The van der Waals surface area contributed by atoms with E-state index in [2.05, 4.69) is 11.9 Å². The normalized spacial score (nSPS) is 18.6. The van der Waals surface area contributed by atoms with Crippen molar-refractivity contribution in [3.63, 3.8) is 0 Å². The molecule has 1 aliphatic carbocycles. The maximum atomic E-state index is 11.7. The van der Waals surface area contributed by atoms with E-state index in [1.54, 1.807) is 6.92 Å². The molecule has 0 spiro atoms. The van der Waals surface area contributed by atoms with Crippen molar-refractivity contribution in [2.24, 2.45) is 0 Å². The molecule has 1 atom stereocenters. The van der Waals surface area contributed by atoms with E-state index in [1.807, 2.05) is 6.07 Å². The van der Waals surface area contributed by atoms with Crippen LogP contribution < -0.4 is 5.73 Å². The minimum Gasteiger partial charge on any atom is -0.462 e. The Bertz CT molecular complexity index is 443. The van der Waals surface area contributed by atoms with E-state index in [1.165, 1.54) is 0 Å². The molecule has 1 unspecified atom stereocenters. The van der Waals surface area contributed by atoms with Crippen LogP contribution in [-0.2, 0) is 11.2 Å². The van der Waals surface area contributed by atoms with E-state index in [9.17, 15) is 4.79 Å². The number of hydrogen-bond acceptors (Lipinski definition) is 4. The molecule has 4 nitrogen and oxygen atoms in total. The topological polar surface area (TPSA) is 65.2 Å². The lowest BCUT2D eigenvalue weighted by Crippen LogP contribution is -2.16. The summed E-state index contributed by atoms with van der Waals surface area (Å²) in [5.41, 5.74) is 8.41. The van der Waals surface area contributed by atoms with Gasteiger partial charge >= 0.3 is 5.97 Å². The lowest BCUT2D eigenvalue weighted by atomic mass is 9.87. The Kier molecular flexibility index (Phi) is 3.31. The van der Waals surface area contributed by atoms with Crippen LogP contribution in [0.1, 0.15) is 54.2 Å². The van der Waals surface area contributed by atoms with Gasteiger partial charge in [0.2, 0.25) is 0 Å². The zero-order valence-corrected chi connectivity index (χ0v) is 10.3. The highest BCUT2D eigenvalue weighted by Gasteiger charge is 2.22. The van der Waals surface area contributed by atoms with Crippen molar-refractivity contribution in [2.75, 3.05) is 12.3 Å². The van der Waals surface area contributed by atoms with Crippen molar-refractivity contribution in [2.45, 2.75) is 39.0 Å². The lowest BCUT2D eigenvalue weighted by Gasteiger charge is -2.22. The van der Waals surface area contributed by atoms with Gasteiger partial charge in [-0.25, -0.2) is 9.78 Å². The number of rotatable bonds is 2. The molecule has 0 aliphatic heterocycles. The number of anilines is 1. The van der Waals surface area contributed by atoms with Gasteiger partial charge in [0.1, 0.15) is 11.4 Å². The number of nitrogens with two attached hydrogens (primary N) is 1. The first-order chi connectivity index (χ1) is 8.13. The highest BCUT2D eigenvalue weighted by atomic mass is 16.5. The Hall–Kier alpha value is -1.58. The molecule has 0 aromatic carbocycles. The van der Waals surface area contributed by atoms with E-state index in [-0.39, 0.29) is 11.8 Å². The van der Waals surface area contributed by atoms with E-state index < -0.39 is 0 Å². The number of nitrogens with zero attached hydrogens (tertiary/aromatic N) is 1. The van der Waals surface area contributed by atoms with Gasteiger partial charge in [0, 0.05) is 5.69 Å². The maximum Gasteiger partial charge on any atom is 0.341 e. The number of ether oxygens (including phenoxy) is 1. The van der Waals surface area contributed by atoms with Gasteiger partial charge in [-0.05, 0) is 43.7 Å². The number of hydrogen-bond donors (Lipinski definition) is 1. The van der Waals surface area contributed by atoms with Crippen LogP contribution in [0.25, 0.3) is 0 Å². The molecular formula is C13H18N2O2. The average molecular weight is 234 g/mol. The number of carbonyl (C=O) groups excluding carboxylic acids is 1. The van der Waals surface area contributed by atoms with Gasteiger partial charge < -0.3 is 10.5 Å². The number of fused-ring (bicyclic) bond motifs is 1. The maximum absolute atomic E-state index is 11.7. The van der Waals surface area contributed by atoms with Gasteiger partial charge in [0.25, 0.3) is 0 Å². The fourth-order valence-corrected chi connectivity index (χ4v) is 2.32. The average Bonchev–Trinajstić information content (AvgIpc) is 2.30. The summed E-state index contributed by atoms with van der Waals surface area (Å²) in [5.74, 6) is 0.340. The van der Waals surface area contributed by atoms with E-state index in [0.717, 1.165) is 30.5 Å². The quantitative estimate of drug-likeness (QED) is 0.797. The molecule has 0 fully saturated rings. The molecule has 1 aromatic rings. The van der Waals surface area contributed by atoms with Crippen LogP contribution >= 0.6 is 0 Å². The van der Waals surface area contributed by atoms with Gasteiger partial charge in [0.05, 0.1) is 6.61 Å². The number of aromatic nitrogens is 1. The molecule has 0 amide bonds. The Morgan fingerprint density at radius 3 is 3.12 bits per heavy atom. The predicted octanol–water partition coefficient (Wildman–Crippen LogP) is 2.28. The fourth-order valence-electron chi connectivity index (χ4n) is 2.32. The van der Waals surface area contributed by atoms with Crippen LogP contribution in [0.2, 0.25) is 0 Å². The number of esters is 1. The van der Waals surface area contributed by atoms with Crippen molar-refractivity contribution >= 4 is 11.8 Å². The summed E-state index contributed by atoms with van der Waals surface area (Å²) in [6, 6.07) is 1.85. The van der Waals surface area contributed by atoms with E-state index in [4.69, 9.17) is 10.5 Å². The van der Waals surface area contributed by atoms with Crippen molar-refractivity contribution in [1.29, 1.82) is 0 Å². The zero-order valence-electron chi connectivity index (χ0n) is 10.3. The summed E-state index contributed by atoms with van der Waals surface area (Å²) in [6.45, 7) is 4.28. The van der Waals surface area contributed by atoms with Crippen molar-refractivity contribution in [1.82, 2.24) is 4.98 Å². The standard InChI is InChI=1S/C13H18N2O2/c1-3-17-13(16)10-7-9-6-4-5-8(2)11(9)15-12(10)14/h7-8H,3-6H2,1-2H3,(H2,14,15).